The molecule has 0 unspecified atom stereocenters. The molecular formula is C15H12O3. The molecule has 0 N–H and O–H groups in total. The van der Waals surface area contributed by atoms with Crippen LogP contribution in [0.2, 0.25) is 0 Å². The van der Waals surface area contributed by atoms with Crippen molar-refractivity contribution in [2.24, 2.45) is 0 Å². The molecule has 0 radical (unpaired) electrons. The highest BCUT2D eigenvalue weighted by atomic mass is 16.5. The highest BCUT2D eigenvalue weighted by Crippen LogP contribution is 2.24. The molecule has 3 heteroatoms. The molecule has 2 aromatic rings. The summed E-state index contributed by atoms with van der Waals surface area (Å²) in [6, 6.07) is 14.5. The van der Waals surface area contributed by atoms with Crippen molar-refractivity contribution >= 4 is 12.3 Å². The van der Waals surface area contributed by atoms with Gasteiger partial charge >= 0.3 is 5.97 Å². The van der Waals surface area contributed by atoms with Crippen molar-refractivity contribution in [2.45, 2.75) is 0 Å². The van der Waals surface area contributed by atoms with Gasteiger partial charge in [0, 0.05) is 5.56 Å². The lowest BCUT2D eigenvalue weighted by molar-refractivity contribution is 0.0601. The molecule has 0 aromatic heterocycles. The van der Waals surface area contributed by atoms with Crippen molar-refractivity contribution < 1.29 is 14.3 Å². The van der Waals surface area contributed by atoms with E-state index in [1.54, 1.807) is 18.2 Å². The maximum Gasteiger partial charge on any atom is 0.338 e. The van der Waals surface area contributed by atoms with Crippen molar-refractivity contribution in [3.8, 4) is 11.1 Å². The van der Waals surface area contributed by atoms with E-state index in [9.17, 15) is 9.59 Å². The number of aldehydes is 1. The van der Waals surface area contributed by atoms with Gasteiger partial charge in [-0.15, -0.1) is 0 Å². The van der Waals surface area contributed by atoms with Crippen LogP contribution in [0.3, 0.4) is 0 Å². The highest BCUT2D eigenvalue weighted by molar-refractivity contribution is 5.99. The van der Waals surface area contributed by atoms with Gasteiger partial charge in [0.1, 0.15) is 6.29 Å². The summed E-state index contributed by atoms with van der Waals surface area (Å²) in [5.41, 5.74) is 2.52. The fourth-order valence-electron chi connectivity index (χ4n) is 1.78. The average molecular weight is 240 g/mol. The first kappa shape index (κ1) is 12.0. The van der Waals surface area contributed by atoms with Crippen molar-refractivity contribution in [3.63, 3.8) is 0 Å². The minimum atomic E-state index is -0.447. The predicted molar refractivity (Wildman–Crippen MR) is 68.6 cm³/mol. The fraction of sp³-hybridized carbons (Fsp3) is 0.0667. The maximum absolute atomic E-state index is 11.7. The van der Waals surface area contributed by atoms with Gasteiger partial charge < -0.3 is 4.74 Å². The Bertz CT molecular complexity index is 574. The molecule has 2 rings (SSSR count). The van der Waals surface area contributed by atoms with Crippen LogP contribution in [0.15, 0.2) is 48.5 Å². The average Bonchev–Trinajstić information content (AvgIpc) is 2.46. The molecule has 0 heterocycles. The van der Waals surface area contributed by atoms with Crippen LogP contribution >= 0.6 is 0 Å². The van der Waals surface area contributed by atoms with E-state index in [-0.39, 0.29) is 0 Å². The van der Waals surface area contributed by atoms with Gasteiger partial charge in [-0.1, -0.05) is 42.5 Å². The zero-order valence-electron chi connectivity index (χ0n) is 9.92. The summed E-state index contributed by atoms with van der Waals surface area (Å²) in [5.74, 6) is -0.447. The van der Waals surface area contributed by atoms with Gasteiger partial charge in [0.15, 0.2) is 0 Å². The Morgan fingerprint density at radius 2 is 1.83 bits per heavy atom. The summed E-state index contributed by atoms with van der Waals surface area (Å²) in [6.07, 6.45) is 0.710. The molecule has 0 aliphatic heterocycles. The number of methoxy groups -OCH3 is 1. The Morgan fingerprint density at radius 3 is 2.44 bits per heavy atom. The summed E-state index contributed by atoms with van der Waals surface area (Å²) in [4.78, 5) is 22.5. The zero-order valence-corrected chi connectivity index (χ0v) is 9.92. The van der Waals surface area contributed by atoms with Crippen molar-refractivity contribution in [3.05, 3.63) is 59.7 Å². The Labute approximate surface area is 105 Å². The zero-order chi connectivity index (χ0) is 13.0. The number of esters is 1. The van der Waals surface area contributed by atoms with Gasteiger partial charge in [0.25, 0.3) is 0 Å². The smallest absolute Gasteiger partial charge is 0.338 e. The highest BCUT2D eigenvalue weighted by Gasteiger charge is 2.13. The third kappa shape index (κ3) is 2.30. The lowest BCUT2D eigenvalue weighted by Crippen LogP contribution is -2.04. The predicted octanol–water partition coefficient (Wildman–Crippen LogP) is 2.95. The van der Waals surface area contributed by atoms with E-state index in [4.69, 9.17) is 4.74 Å². The molecule has 0 aliphatic carbocycles. The number of rotatable bonds is 3. The molecule has 0 aliphatic rings. The lowest BCUT2D eigenvalue weighted by Gasteiger charge is -2.08. The summed E-state index contributed by atoms with van der Waals surface area (Å²) in [7, 11) is 1.32. The van der Waals surface area contributed by atoms with E-state index in [0.29, 0.717) is 17.4 Å². The minimum absolute atomic E-state index is 0.397. The molecule has 90 valence electrons. The lowest BCUT2D eigenvalue weighted by atomic mass is 9.98. The van der Waals surface area contributed by atoms with Crippen LogP contribution in [0.1, 0.15) is 20.7 Å². The number of carbonyl (C=O) groups excluding carboxylic acids is 2. The van der Waals surface area contributed by atoms with E-state index in [2.05, 4.69) is 0 Å². The van der Waals surface area contributed by atoms with E-state index in [1.165, 1.54) is 7.11 Å². The normalized spacial score (nSPS) is 9.83. The van der Waals surface area contributed by atoms with E-state index >= 15 is 0 Å². The van der Waals surface area contributed by atoms with Crippen molar-refractivity contribution in [1.82, 2.24) is 0 Å². The Kier molecular flexibility index (Phi) is 3.53. The second-order valence-corrected chi connectivity index (χ2v) is 3.78. The van der Waals surface area contributed by atoms with Gasteiger partial charge in [0.05, 0.1) is 12.7 Å². The Morgan fingerprint density at radius 1 is 1.11 bits per heavy atom. The fourth-order valence-corrected chi connectivity index (χ4v) is 1.78. The molecular weight excluding hydrogens is 228 g/mol. The molecule has 2 aromatic carbocycles. The first-order valence-electron chi connectivity index (χ1n) is 5.49. The van der Waals surface area contributed by atoms with Gasteiger partial charge in [-0.3, -0.25) is 4.79 Å². The van der Waals surface area contributed by atoms with Crippen LogP contribution in [-0.4, -0.2) is 19.4 Å². The van der Waals surface area contributed by atoms with Crippen LogP contribution in [0, 0.1) is 0 Å². The van der Waals surface area contributed by atoms with Crippen LogP contribution in [0.4, 0.5) is 0 Å². The second kappa shape index (κ2) is 5.27. The number of hydrogen-bond donors (Lipinski definition) is 0. The number of hydrogen-bond acceptors (Lipinski definition) is 3. The van der Waals surface area contributed by atoms with Crippen LogP contribution in [-0.2, 0) is 4.74 Å². The molecule has 3 nitrogen and oxygen atoms in total. The van der Waals surface area contributed by atoms with Crippen LogP contribution in [0.25, 0.3) is 11.1 Å². The van der Waals surface area contributed by atoms with Gasteiger partial charge in [-0.05, 0) is 17.2 Å². The quantitative estimate of drug-likeness (QED) is 0.612. The summed E-state index contributed by atoms with van der Waals surface area (Å²) in [5, 5.41) is 0. The van der Waals surface area contributed by atoms with Gasteiger partial charge in [0.2, 0.25) is 0 Å². The standard InChI is InChI=1S/C15H12O3/c1-18-15(17)14-9-11(10-16)7-8-13(14)12-5-3-2-4-6-12/h2-10H,1H3. The van der Waals surface area contributed by atoms with E-state index in [1.807, 2.05) is 30.3 Å². The molecule has 0 bridgehead atoms. The molecule has 0 amide bonds. The Hall–Kier alpha value is -2.42. The van der Waals surface area contributed by atoms with Gasteiger partial charge in [-0.25, -0.2) is 4.79 Å². The maximum atomic E-state index is 11.7. The van der Waals surface area contributed by atoms with Crippen LogP contribution in [0.5, 0.6) is 0 Å². The topological polar surface area (TPSA) is 43.4 Å². The van der Waals surface area contributed by atoms with E-state index in [0.717, 1.165) is 11.1 Å². The summed E-state index contributed by atoms with van der Waals surface area (Å²) >= 11 is 0. The van der Waals surface area contributed by atoms with Gasteiger partial charge in [-0.2, -0.15) is 0 Å². The molecule has 18 heavy (non-hydrogen) atoms. The molecule has 0 atom stereocenters. The van der Waals surface area contributed by atoms with Crippen molar-refractivity contribution in [2.75, 3.05) is 7.11 Å². The molecule has 0 saturated heterocycles. The first-order valence-corrected chi connectivity index (χ1v) is 5.49. The molecule has 0 spiro atoms. The SMILES string of the molecule is COC(=O)c1cc(C=O)ccc1-c1ccccc1. The summed E-state index contributed by atoms with van der Waals surface area (Å²) < 4.78 is 4.74. The van der Waals surface area contributed by atoms with Crippen LogP contribution < -0.4 is 0 Å². The number of benzene rings is 2. The number of carbonyl (C=O) groups is 2. The third-order valence-corrected chi connectivity index (χ3v) is 2.67. The third-order valence-electron chi connectivity index (χ3n) is 2.67. The summed E-state index contributed by atoms with van der Waals surface area (Å²) in [6.45, 7) is 0. The van der Waals surface area contributed by atoms with E-state index < -0.39 is 5.97 Å². The van der Waals surface area contributed by atoms with Crippen molar-refractivity contribution in [1.29, 1.82) is 0 Å². The first-order chi connectivity index (χ1) is 8.76. The minimum Gasteiger partial charge on any atom is -0.465 e. The second-order valence-electron chi connectivity index (χ2n) is 3.78. The molecule has 0 fully saturated rings. The largest absolute Gasteiger partial charge is 0.465 e. The number of ether oxygens (including phenoxy) is 1. The monoisotopic (exact) mass is 240 g/mol. The molecule has 0 saturated carbocycles. The Balaban J connectivity index is 2.60.